The Morgan fingerprint density at radius 1 is 1.21 bits per heavy atom. The van der Waals surface area contributed by atoms with Crippen LogP contribution < -0.4 is 20.9 Å². The number of ether oxygens (including phenoxy) is 2. The molecule has 0 unspecified atom stereocenters. The molecular formula is C13H13N3O3. The van der Waals surface area contributed by atoms with E-state index in [0.717, 1.165) is 0 Å². The van der Waals surface area contributed by atoms with Crippen molar-refractivity contribution in [3.8, 4) is 17.5 Å². The van der Waals surface area contributed by atoms with E-state index in [-0.39, 0.29) is 17.3 Å². The van der Waals surface area contributed by atoms with Crippen molar-refractivity contribution in [2.45, 2.75) is 0 Å². The van der Waals surface area contributed by atoms with E-state index < -0.39 is 5.91 Å². The number of rotatable bonds is 4. The van der Waals surface area contributed by atoms with Crippen LogP contribution in [0.5, 0.6) is 17.5 Å². The van der Waals surface area contributed by atoms with Gasteiger partial charge < -0.3 is 20.9 Å². The summed E-state index contributed by atoms with van der Waals surface area (Å²) in [4.78, 5) is 15.3. The van der Waals surface area contributed by atoms with Crippen molar-refractivity contribution in [3.63, 3.8) is 0 Å². The average molecular weight is 259 g/mol. The number of primary amides is 1. The van der Waals surface area contributed by atoms with Gasteiger partial charge in [-0.15, -0.1) is 0 Å². The molecule has 0 aliphatic carbocycles. The fourth-order valence-electron chi connectivity index (χ4n) is 1.53. The summed E-state index contributed by atoms with van der Waals surface area (Å²) in [5, 5.41) is 0. The molecule has 4 N–H and O–H groups in total. The Hall–Kier alpha value is -2.76. The van der Waals surface area contributed by atoms with Gasteiger partial charge in [-0.2, -0.15) is 4.98 Å². The third-order valence-corrected chi connectivity index (χ3v) is 2.42. The minimum absolute atomic E-state index is 0.258. The number of hydrogen-bond acceptors (Lipinski definition) is 5. The van der Waals surface area contributed by atoms with Gasteiger partial charge in [-0.25, -0.2) is 0 Å². The summed E-state index contributed by atoms with van der Waals surface area (Å²) >= 11 is 0. The van der Waals surface area contributed by atoms with Gasteiger partial charge in [0.2, 0.25) is 11.8 Å². The molecule has 19 heavy (non-hydrogen) atoms. The minimum atomic E-state index is -0.571. The molecule has 0 fully saturated rings. The molecule has 0 atom stereocenters. The number of nitrogens with two attached hydrogens (primary N) is 2. The lowest BCUT2D eigenvalue weighted by molar-refractivity contribution is 0.0998. The Labute approximate surface area is 110 Å². The highest BCUT2D eigenvalue weighted by atomic mass is 16.5. The molecule has 0 aliphatic rings. The Bertz CT molecular complexity index is 614. The molecule has 2 rings (SSSR count). The van der Waals surface area contributed by atoms with Crippen LogP contribution >= 0.6 is 0 Å². The Morgan fingerprint density at radius 3 is 2.63 bits per heavy atom. The second-order valence-electron chi connectivity index (χ2n) is 3.71. The zero-order valence-corrected chi connectivity index (χ0v) is 10.3. The normalized spacial score (nSPS) is 9.95. The second-order valence-corrected chi connectivity index (χ2v) is 3.71. The molecule has 0 saturated carbocycles. The highest BCUT2D eigenvalue weighted by Crippen LogP contribution is 2.27. The fraction of sp³-hybridized carbons (Fsp3) is 0.0769. The van der Waals surface area contributed by atoms with Gasteiger partial charge in [-0.3, -0.25) is 4.79 Å². The summed E-state index contributed by atoms with van der Waals surface area (Å²) in [5.74, 6) is 0.279. The van der Waals surface area contributed by atoms with Crippen LogP contribution in [0.1, 0.15) is 10.4 Å². The van der Waals surface area contributed by atoms with E-state index in [0.29, 0.717) is 11.4 Å². The van der Waals surface area contributed by atoms with Crippen molar-refractivity contribution < 1.29 is 14.3 Å². The van der Waals surface area contributed by atoms with Gasteiger partial charge >= 0.3 is 0 Å². The maximum Gasteiger partial charge on any atom is 0.252 e. The van der Waals surface area contributed by atoms with E-state index in [1.165, 1.54) is 7.11 Å². The summed E-state index contributed by atoms with van der Waals surface area (Å²) in [6.07, 6.45) is 0. The lowest BCUT2D eigenvalue weighted by Crippen LogP contribution is -2.12. The molecule has 98 valence electrons. The van der Waals surface area contributed by atoms with Crippen LogP contribution in [0, 0.1) is 0 Å². The third-order valence-electron chi connectivity index (χ3n) is 2.42. The number of anilines is 1. The molecule has 6 nitrogen and oxygen atoms in total. The molecule has 1 amide bonds. The van der Waals surface area contributed by atoms with Gasteiger partial charge in [0.25, 0.3) is 5.91 Å². The highest BCUT2D eigenvalue weighted by Gasteiger charge is 2.11. The van der Waals surface area contributed by atoms with Crippen molar-refractivity contribution in [3.05, 3.63) is 42.0 Å². The molecule has 0 spiro atoms. The lowest BCUT2D eigenvalue weighted by atomic mass is 10.2. The number of aromatic nitrogens is 1. The fourth-order valence-corrected chi connectivity index (χ4v) is 1.53. The molecular weight excluding hydrogens is 246 g/mol. The molecule has 6 heteroatoms. The van der Waals surface area contributed by atoms with Crippen molar-refractivity contribution in [2.75, 3.05) is 12.8 Å². The summed E-state index contributed by atoms with van der Waals surface area (Å²) in [5.41, 5.74) is 11.6. The van der Waals surface area contributed by atoms with E-state index in [9.17, 15) is 4.79 Å². The number of amides is 1. The van der Waals surface area contributed by atoms with E-state index >= 15 is 0 Å². The first-order chi connectivity index (χ1) is 9.11. The van der Waals surface area contributed by atoms with Gasteiger partial charge in [0, 0.05) is 6.07 Å². The lowest BCUT2D eigenvalue weighted by Gasteiger charge is -2.09. The first-order valence-electron chi connectivity index (χ1n) is 5.49. The number of carbonyl (C=O) groups is 1. The predicted octanol–water partition coefficient (Wildman–Crippen LogP) is 1.56. The maximum atomic E-state index is 11.3. The second kappa shape index (κ2) is 5.26. The summed E-state index contributed by atoms with van der Waals surface area (Å²) < 4.78 is 10.5. The van der Waals surface area contributed by atoms with Crippen LogP contribution in [0.3, 0.4) is 0 Å². The van der Waals surface area contributed by atoms with Crippen molar-refractivity contribution in [1.82, 2.24) is 4.98 Å². The number of nitrogens with zero attached hydrogens (tertiary/aromatic N) is 1. The molecule has 2 aromatic rings. The molecule has 0 saturated heterocycles. The minimum Gasteiger partial charge on any atom is -0.479 e. The van der Waals surface area contributed by atoms with Crippen LogP contribution in [-0.2, 0) is 0 Å². The number of methoxy groups -OCH3 is 1. The Kier molecular flexibility index (Phi) is 3.51. The predicted molar refractivity (Wildman–Crippen MR) is 70.2 cm³/mol. The molecule has 0 aliphatic heterocycles. The van der Waals surface area contributed by atoms with Crippen molar-refractivity contribution in [2.24, 2.45) is 5.73 Å². The van der Waals surface area contributed by atoms with Gasteiger partial charge in [0.15, 0.2) is 0 Å². The zero-order valence-electron chi connectivity index (χ0n) is 10.3. The van der Waals surface area contributed by atoms with E-state index in [2.05, 4.69) is 4.98 Å². The van der Waals surface area contributed by atoms with Crippen LogP contribution in [0.15, 0.2) is 36.4 Å². The Morgan fingerprint density at radius 2 is 1.95 bits per heavy atom. The quantitative estimate of drug-likeness (QED) is 0.867. The number of para-hydroxylation sites is 1. The van der Waals surface area contributed by atoms with Crippen LogP contribution in [0.2, 0.25) is 0 Å². The topological polar surface area (TPSA) is 100 Å². The first kappa shape index (κ1) is 12.7. The maximum absolute atomic E-state index is 11.3. The van der Waals surface area contributed by atoms with Gasteiger partial charge in [-0.05, 0) is 18.2 Å². The highest BCUT2D eigenvalue weighted by molar-refractivity contribution is 5.95. The van der Waals surface area contributed by atoms with Gasteiger partial charge in [0.05, 0.1) is 18.4 Å². The zero-order chi connectivity index (χ0) is 13.8. The summed E-state index contributed by atoms with van der Waals surface area (Å²) in [6.45, 7) is 0. The largest absolute Gasteiger partial charge is 0.479 e. The number of carbonyl (C=O) groups excluding carboxylic acids is 1. The number of pyridine rings is 1. The van der Waals surface area contributed by atoms with E-state index in [4.69, 9.17) is 20.9 Å². The molecule has 1 aromatic heterocycles. The SMILES string of the molecule is COc1nc(Oc2ccccc2C(N)=O)ccc1N. The average Bonchev–Trinajstić information content (AvgIpc) is 2.41. The monoisotopic (exact) mass is 259 g/mol. The standard InChI is InChI=1S/C13H13N3O3/c1-18-13-9(14)6-7-11(16-13)19-10-5-3-2-4-8(10)12(15)17/h2-7H,14H2,1H3,(H2,15,17). The number of nitrogen functional groups attached to an aromatic ring is 1. The smallest absolute Gasteiger partial charge is 0.252 e. The third kappa shape index (κ3) is 2.74. The van der Waals surface area contributed by atoms with Gasteiger partial charge in [-0.1, -0.05) is 12.1 Å². The van der Waals surface area contributed by atoms with Crippen LogP contribution in [0.25, 0.3) is 0 Å². The molecule has 1 heterocycles. The van der Waals surface area contributed by atoms with Crippen LogP contribution in [0.4, 0.5) is 5.69 Å². The molecule has 0 bridgehead atoms. The van der Waals surface area contributed by atoms with Crippen molar-refractivity contribution >= 4 is 11.6 Å². The molecule has 1 aromatic carbocycles. The van der Waals surface area contributed by atoms with Crippen LogP contribution in [-0.4, -0.2) is 18.0 Å². The summed E-state index contributed by atoms with van der Waals surface area (Å²) in [7, 11) is 1.46. The number of benzene rings is 1. The summed E-state index contributed by atoms with van der Waals surface area (Å²) in [6, 6.07) is 9.82. The molecule has 0 radical (unpaired) electrons. The van der Waals surface area contributed by atoms with Crippen molar-refractivity contribution in [1.29, 1.82) is 0 Å². The van der Waals surface area contributed by atoms with E-state index in [1.807, 2.05) is 0 Å². The number of hydrogen-bond donors (Lipinski definition) is 2. The van der Waals surface area contributed by atoms with E-state index in [1.54, 1.807) is 36.4 Å². The Balaban J connectivity index is 2.34. The van der Waals surface area contributed by atoms with Gasteiger partial charge in [0.1, 0.15) is 5.75 Å². The first-order valence-corrected chi connectivity index (χ1v) is 5.49.